The number of nitrogens with zero attached hydrogens (tertiary/aromatic N) is 1. The Hall–Kier alpha value is 0.270. The molecule has 0 amide bonds. The summed E-state index contributed by atoms with van der Waals surface area (Å²) in [6, 6.07) is 0. The number of rotatable bonds is 5. The van der Waals surface area contributed by atoms with E-state index in [1.165, 1.54) is 63.9 Å². The maximum absolute atomic E-state index is 3.85. The van der Waals surface area contributed by atoms with Crippen LogP contribution in [0.1, 0.15) is 52.4 Å². The predicted octanol–water partition coefficient (Wildman–Crippen LogP) is 3.13. The molecular formula is C15H30N2S. The summed E-state index contributed by atoms with van der Waals surface area (Å²) in [6.45, 7) is 8.49. The van der Waals surface area contributed by atoms with Gasteiger partial charge in [-0.25, -0.2) is 0 Å². The summed E-state index contributed by atoms with van der Waals surface area (Å²) >= 11 is 1.98. The van der Waals surface area contributed by atoms with E-state index in [1.54, 1.807) is 0 Å². The Labute approximate surface area is 117 Å². The van der Waals surface area contributed by atoms with Crippen molar-refractivity contribution in [2.24, 2.45) is 0 Å². The number of thioether (sulfide) groups is 1. The number of hydrogen-bond acceptors (Lipinski definition) is 3. The highest BCUT2D eigenvalue weighted by molar-refractivity contribution is 7.98. The zero-order valence-corrected chi connectivity index (χ0v) is 13.2. The minimum absolute atomic E-state index is 0.340. The second-order valence-corrected chi connectivity index (χ2v) is 7.45. The standard InChI is InChI=1S/C15H30N2S/c1-4-14(2)13-17(10-7-11-18-3)15(12-16-14)8-5-6-9-15/h16H,4-13H2,1-3H3. The van der Waals surface area contributed by atoms with Crippen LogP contribution in [0.2, 0.25) is 0 Å². The van der Waals surface area contributed by atoms with Crippen LogP contribution in [0.15, 0.2) is 0 Å². The third-order valence-electron chi connectivity index (χ3n) is 5.15. The third-order valence-corrected chi connectivity index (χ3v) is 5.84. The minimum Gasteiger partial charge on any atom is -0.308 e. The summed E-state index contributed by atoms with van der Waals surface area (Å²) in [5, 5.41) is 3.85. The molecule has 1 atom stereocenters. The van der Waals surface area contributed by atoms with Crippen molar-refractivity contribution in [1.29, 1.82) is 0 Å². The SMILES string of the molecule is CCC1(C)CN(CCCSC)C2(CCCC2)CN1. The molecule has 1 heterocycles. The van der Waals surface area contributed by atoms with E-state index < -0.39 is 0 Å². The lowest BCUT2D eigenvalue weighted by molar-refractivity contribution is 0.0123. The summed E-state index contributed by atoms with van der Waals surface area (Å²) in [6.07, 6.45) is 10.5. The Morgan fingerprint density at radius 2 is 2.00 bits per heavy atom. The molecule has 0 bridgehead atoms. The van der Waals surface area contributed by atoms with Gasteiger partial charge >= 0.3 is 0 Å². The van der Waals surface area contributed by atoms with E-state index in [2.05, 4.69) is 30.3 Å². The van der Waals surface area contributed by atoms with Crippen molar-refractivity contribution in [1.82, 2.24) is 10.2 Å². The molecule has 0 radical (unpaired) electrons. The van der Waals surface area contributed by atoms with Crippen LogP contribution in [0.25, 0.3) is 0 Å². The summed E-state index contributed by atoms with van der Waals surface area (Å²) < 4.78 is 0. The van der Waals surface area contributed by atoms with E-state index in [0.717, 1.165) is 0 Å². The molecule has 3 heteroatoms. The third kappa shape index (κ3) is 3.05. The van der Waals surface area contributed by atoms with Crippen molar-refractivity contribution in [3.05, 3.63) is 0 Å². The van der Waals surface area contributed by atoms with Gasteiger partial charge in [-0.15, -0.1) is 0 Å². The average molecular weight is 270 g/mol. The molecule has 1 aliphatic heterocycles. The maximum atomic E-state index is 3.85. The van der Waals surface area contributed by atoms with E-state index in [1.807, 2.05) is 11.8 Å². The maximum Gasteiger partial charge on any atom is 0.0334 e. The minimum atomic E-state index is 0.340. The highest BCUT2D eigenvalue weighted by Gasteiger charge is 2.45. The number of hydrogen-bond donors (Lipinski definition) is 1. The molecule has 1 spiro atoms. The van der Waals surface area contributed by atoms with Crippen molar-refractivity contribution in [3.63, 3.8) is 0 Å². The van der Waals surface area contributed by atoms with Crippen LogP contribution in [0.4, 0.5) is 0 Å². The van der Waals surface area contributed by atoms with Gasteiger partial charge in [0.1, 0.15) is 0 Å². The predicted molar refractivity (Wildman–Crippen MR) is 82.5 cm³/mol. The van der Waals surface area contributed by atoms with Crippen molar-refractivity contribution in [2.45, 2.75) is 63.5 Å². The van der Waals surface area contributed by atoms with Gasteiger partial charge in [0.05, 0.1) is 0 Å². The molecule has 1 unspecified atom stereocenters. The molecule has 106 valence electrons. The molecule has 1 N–H and O–H groups in total. The van der Waals surface area contributed by atoms with Gasteiger partial charge < -0.3 is 5.32 Å². The van der Waals surface area contributed by atoms with Gasteiger partial charge in [0.25, 0.3) is 0 Å². The summed E-state index contributed by atoms with van der Waals surface area (Å²) in [7, 11) is 0. The lowest BCUT2D eigenvalue weighted by Crippen LogP contribution is -2.68. The Balaban J connectivity index is 2.01. The van der Waals surface area contributed by atoms with Crippen LogP contribution in [-0.2, 0) is 0 Å². The highest BCUT2D eigenvalue weighted by Crippen LogP contribution is 2.39. The normalized spacial score (nSPS) is 32.2. The van der Waals surface area contributed by atoms with Gasteiger partial charge in [-0.05, 0) is 51.2 Å². The van der Waals surface area contributed by atoms with Crippen LogP contribution in [0.5, 0.6) is 0 Å². The molecule has 0 aromatic carbocycles. The van der Waals surface area contributed by atoms with E-state index in [-0.39, 0.29) is 0 Å². The van der Waals surface area contributed by atoms with E-state index in [9.17, 15) is 0 Å². The first kappa shape index (κ1) is 14.7. The van der Waals surface area contributed by atoms with Gasteiger partial charge in [-0.2, -0.15) is 11.8 Å². The number of piperazine rings is 1. The van der Waals surface area contributed by atoms with Crippen LogP contribution < -0.4 is 5.32 Å². The van der Waals surface area contributed by atoms with Crippen molar-refractivity contribution >= 4 is 11.8 Å². The molecule has 1 aliphatic carbocycles. The molecule has 2 fully saturated rings. The smallest absolute Gasteiger partial charge is 0.0334 e. The van der Waals surface area contributed by atoms with Crippen molar-refractivity contribution in [3.8, 4) is 0 Å². The Morgan fingerprint density at radius 1 is 1.28 bits per heavy atom. The Bertz CT molecular complexity index is 263. The molecule has 2 aliphatic rings. The van der Waals surface area contributed by atoms with Gasteiger partial charge in [0.15, 0.2) is 0 Å². The average Bonchev–Trinajstić information content (AvgIpc) is 2.84. The van der Waals surface area contributed by atoms with E-state index in [0.29, 0.717) is 11.1 Å². The fourth-order valence-corrected chi connectivity index (χ4v) is 4.03. The fourth-order valence-electron chi connectivity index (χ4n) is 3.61. The Kier molecular flexibility index (Phi) is 5.01. The van der Waals surface area contributed by atoms with Gasteiger partial charge in [-0.1, -0.05) is 19.8 Å². The fraction of sp³-hybridized carbons (Fsp3) is 1.00. The second kappa shape index (κ2) is 6.15. The summed E-state index contributed by atoms with van der Waals surface area (Å²) in [4.78, 5) is 2.84. The quantitative estimate of drug-likeness (QED) is 0.773. The molecular weight excluding hydrogens is 240 g/mol. The number of nitrogens with one attached hydrogen (secondary N) is 1. The molecule has 0 aromatic rings. The van der Waals surface area contributed by atoms with Crippen LogP contribution in [-0.4, -0.2) is 47.6 Å². The lowest BCUT2D eigenvalue weighted by atomic mass is 9.85. The largest absolute Gasteiger partial charge is 0.308 e. The molecule has 1 saturated heterocycles. The summed E-state index contributed by atoms with van der Waals surface area (Å²) in [5.41, 5.74) is 0.848. The van der Waals surface area contributed by atoms with Crippen molar-refractivity contribution < 1.29 is 0 Å². The zero-order valence-electron chi connectivity index (χ0n) is 12.4. The first-order chi connectivity index (χ1) is 8.64. The molecule has 2 nitrogen and oxygen atoms in total. The van der Waals surface area contributed by atoms with Crippen molar-refractivity contribution in [2.75, 3.05) is 31.6 Å². The zero-order chi connectivity index (χ0) is 13.1. The molecule has 18 heavy (non-hydrogen) atoms. The van der Waals surface area contributed by atoms with Gasteiger partial charge in [0.2, 0.25) is 0 Å². The van der Waals surface area contributed by atoms with Gasteiger partial charge in [-0.3, -0.25) is 4.90 Å². The van der Waals surface area contributed by atoms with Crippen LogP contribution >= 0.6 is 11.8 Å². The monoisotopic (exact) mass is 270 g/mol. The molecule has 2 rings (SSSR count). The second-order valence-electron chi connectivity index (χ2n) is 6.47. The molecule has 0 aromatic heterocycles. The first-order valence-corrected chi connectivity index (χ1v) is 9.03. The van der Waals surface area contributed by atoms with Crippen LogP contribution in [0, 0.1) is 0 Å². The van der Waals surface area contributed by atoms with Gasteiger partial charge in [0, 0.05) is 24.2 Å². The van der Waals surface area contributed by atoms with E-state index >= 15 is 0 Å². The Morgan fingerprint density at radius 3 is 2.61 bits per heavy atom. The summed E-state index contributed by atoms with van der Waals surface area (Å²) in [5.74, 6) is 1.31. The van der Waals surface area contributed by atoms with E-state index in [4.69, 9.17) is 0 Å². The molecule has 1 saturated carbocycles. The highest BCUT2D eigenvalue weighted by atomic mass is 32.2. The van der Waals surface area contributed by atoms with Crippen LogP contribution in [0.3, 0.4) is 0 Å². The topological polar surface area (TPSA) is 15.3 Å². The lowest BCUT2D eigenvalue weighted by Gasteiger charge is -2.52. The first-order valence-electron chi connectivity index (χ1n) is 7.63.